The molecule has 1 aromatic carbocycles. The van der Waals surface area contributed by atoms with Gasteiger partial charge in [-0.1, -0.05) is 6.07 Å². The Morgan fingerprint density at radius 3 is 2.58 bits per heavy atom. The minimum absolute atomic E-state index is 0.192. The van der Waals surface area contributed by atoms with Gasteiger partial charge in [0.25, 0.3) is 0 Å². The van der Waals surface area contributed by atoms with Gasteiger partial charge in [-0.25, -0.2) is 4.39 Å². The summed E-state index contributed by atoms with van der Waals surface area (Å²) in [5.74, 6) is -2.39. The van der Waals surface area contributed by atoms with Crippen LogP contribution in [0.25, 0.3) is 0 Å². The van der Waals surface area contributed by atoms with Gasteiger partial charge in [0, 0.05) is 0 Å². The fraction of sp³-hybridized carbons (Fsp3) is 0.143. The second-order valence-electron chi connectivity index (χ2n) is 2.23. The first-order valence-electron chi connectivity index (χ1n) is 3.24. The summed E-state index contributed by atoms with van der Waals surface area (Å²) in [4.78, 5) is 0. The molecule has 0 aromatic heterocycles. The first-order chi connectivity index (χ1) is 5.66. The van der Waals surface area contributed by atoms with Crippen molar-refractivity contribution >= 4 is 7.69 Å². The van der Waals surface area contributed by atoms with Crippen LogP contribution in [-0.2, 0) is 0 Å². The maximum Gasteiger partial charge on any atom is 0.569 e. The second kappa shape index (κ2) is 3.54. The molecule has 0 unspecified atom stereocenters. The lowest BCUT2D eigenvalue weighted by atomic mass is 10.2. The third-order valence-corrected chi connectivity index (χ3v) is 1.42. The molecule has 1 radical (unpaired) electrons. The van der Waals surface area contributed by atoms with Crippen LogP contribution in [0.1, 0.15) is 5.56 Å². The minimum atomic E-state index is -1.10. The van der Waals surface area contributed by atoms with Crippen molar-refractivity contribution in [2.75, 3.05) is 0 Å². The summed E-state index contributed by atoms with van der Waals surface area (Å²) in [6, 6.07) is 2.59. The van der Waals surface area contributed by atoms with E-state index in [4.69, 9.17) is 5.02 Å². The Hall–Kier alpha value is -1.10. The van der Waals surface area contributed by atoms with Crippen LogP contribution in [0.15, 0.2) is 12.1 Å². The average molecular weight is 171 g/mol. The Labute approximate surface area is 69.1 Å². The van der Waals surface area contributed by atoms with Crippen LogP contribution in [0.5, 0.6) is 5.75 Å². The average Bonchev–Trinajstić information content (AvgIpc) is 2.07. The van der Waals surface area contributed by atoms with Gasteiger partial charge < -0.3 is 9.68 Å². The van der Waals surface area contributed by atoms with Crippen molar-refractivity contribution in [3.8, 4) is 5.75 Å². The number of halogens is 2. The van der Waals surface area contributed by atoms with Gasteiger partial charge in [-0.15, -0.1) is 0 Å². The van der Waals surface area contributed by atoms with E-state index in [0.717, 1.165) is 0 Å². The highest BCUT2D eigenvalue weighted by atomic mass is 19.2. The summed E-state index contributed by atoms with van der Waals surface area (Å²) in [6.07, 6.45) is 0. The predicted molar refractivity (Wildman–Crippen MR) is 39.7 cm³/mol. The molecule has 0 spiro atoms. The van der Waals surface area contributed by atoms with E-state index in [1.807, 2.05) is 0 Å². The van der Waals surface area contributed by atoms with Crippen LogP contribution in [-0.4, -0.2) is 12.7 Å². The van der Waals surface area contributed by atoms with E-state index in [-0.39, 0.29) is 11.3 Å². The topological polar surface area (TPSA) is 29.5 Å². The molecular weight excluding hydrogens is 165 g/mol. The third kappa shape index (κ3) is 1.56. The first kappa shape index (κ1) is 9.00. The molecule has 0 aliphatic carbocycles. The molecule has 0 amide bonds. The first-order valence-corrected chi connectivity index (χ1v) is 3.24. The summed E-state index contributed by atoms with van der Waals surface area (Å²) in [6.45, 7) is 1.44. The number of aryl methyl sites for hydroxylation is 1. The van der Waals surface area contributed by atoms with Crippen LogP contribution >= 0.6 is 0 Å². The predicted octanol–water partition coefficient (Wildman–Crippen LogP) is 1.18. The maximum atomic E-state index is 12.8. The van der Waals surface area contributed by atoms with E-state index in [0.29, 0.717) is 7.69 Å². The van der Waals surface area contributed by atoms with Gasteiger partial charge in [-0.3, -0.25) is 0 Å². The van der Waals surface area contributed by atoms with E-state index in [2.05, 4.69) is 4.65 Å². The van der Waals surface area contributed by atoms with Crippen molar-refractivity contribution in [2.45, 2.75) is 6.92 Å². The van der Waals surface area contributed by atoms with E-state index >= 15 is 0 Å². The van der Waals surface area contributed by atoms with E-state index < -0.39 is 11.6 Å². The zero-order chi connectivity index (χ0) is 9.14. The molecule has 1 aromatic rings. The highest BCUT2D eigenvalue weighted by molar-refractivity contribution is 6.17. The van der Waals surface area contributed by atoms with E-state index in [1.54, 1.807) is 0 Å². The van der Waals surface area contributed by atoms with Crippen molar-refractivity contribution in [3.63, 3.8) is 0 Å². The lowest BCUT2D eigenvalue weighted by molar-refractivity contribution is 0.413. The van der Waals surface area contributed by atoms with Crippen LogP contribution < -0.4 is 4.65 Å². The normalized spacial score (nSPS) is 9.67. The quantitative estimate of drug-likeness (QED) is 0.676. The zero-order valence-corrected chi connectivity index (χ0v) is 6.34. The number of hydrogen-bond acceptors (Lipinski definition) is 2. The molecule has 0 saturated carbocycles. The fourth-order valence-electron chi connectivity index (χ4n) is 0.776. The molecule has 0 heterocycles. The maximum absolute atomic E-state index is 12.8. The molecule has 12 heavy (non-hydrogen) atoms. The van der Waals surface area contributed by atoms with Gasteiger partial charge in [-0.2, -0.15) is 4.39 Å². The molecule has 2 nitrogen and oxygen atoms in total. The van der Waals surface area contributed by atoms with Crippen molar-refractivity contribution in [1.82, 2.24) is 0 Å². The SMILES string of the molecule is Cc1ccc(O[B]O)c(F)c1F. The molecule has 0 aliphatic heterocycles. The number of benzene rings is 1. The Bertz CT molecular complexity index is 291. The Morgan fingerprint density at radius 1 is 1.33 bits per heavy atom. The minimum Gasteiger partial charge on any atom is -0.535 e. The summed E-state index contributed by atoms with van der Waals surface area (Å²) >= 11 is 0. The molecule has 0 bridgehead atoms. The highest BCUT2D eigenvalue weighted by Crippen LogP contribution is 2.21. The Balaban J connectivity index is 3.08. The van der Waals surface area contributed by atoms with Crippen LogP contribution in [0.2, 0.25) is 0 Å². The second-order valence-corrected chi connectivity index (χ2v) is 2.23. The van der Waals surface area contributed by atoms with Gasteiger partial charge in [-0.05, 0) is 18.6 Å². The molecule has 1 rings (SSSR count). The standard InChI is InChI=1S/C7H6BF2O2/c1-4-2-3-5(12-8-11)7(10)6(4)9/h2-3,11H,1H3. The molecule has 0 atom stereocenters. The molecule has 0 saturated heterocycles. The molecule has 0 aliphatic rings. The Morgan fingerprint density at radius 2 is 2.00 bits per heavy atom. The van der Waals surface area contributed by atoms with Crippen LogP contribution in [0, 0.1) is 18.6 Å². The monoisotopic (exact) mass is 171 g/mol. The molecular formula is C7H6BF2O2. The van der Waals surface area contributed by atoms with Gasteiger partial charge in [0.15, 0.2) is 11.6 Å². The van der Waals surface area contributed by atoms with Gasteiger partial charge >= 0.3 is 7.69 Å². The van der Waals surface area contributed by atoms with E-state index in [1.165, 1.54) is 19.1 Å². The summed E-state index contributed by atoms with van der Waals surface area (Å²) in [5.41, 5.74) is 0.192. The Kier molecular flexibility index (Phi) is 2.65. The van der Waals surface area contributed by atoms with Crippen molar-refractivity contribution in [2.24, 2.45) is 0 Å². The molecule has 5 heteroatoms. The van der Waals surface area contributed by atoms with Crippen molar-refractivity contribution in [1.29, 1.82) is 0 Å². The highest BCUT2D eigenvalue weighted by Gasteiger charge is 2.11. The van der Waals surface area contributed by atoms with Gasteiger partial charge in [0.1, 0.15) is 5.75 Å². The lowest BCUT2D eigenvalue weighted by Gasteiger charge is -2.04. The summed E-state index contributed by atoms with van der Waals surface area (Å²) < 4.78 is 29.9. The van der Waals surface area contributed by atoms with E-state index in [9.17, 15) is 8.78 Å². The number of hydrogen-bond donors (Lipinski definition) is 1. The smallest absolute Gasteiger partial charge is 0.535 e. The molecule has 1 N–H and O–H groups in total. The number of rotatable bonds is 2. The van der Waals surface area contributed by atoms with Crippen LogP contribution in [0.4, 0.5) is 8.78 Å². The molecule has 0 fully saturated rings. The largest absolute Gasteiger partial charge is 0.569 e. The lowest BCUT2D eigenvalue weighted by Crippen LogP contribution is -2.03. The fourth-order valence-corrected chi connectivity index (χ4v) is 0.776. The van der Waals surface area contributed by atoms with Gasteiger partial charge in [0.05, 0.1) is 0 Å². The zero-order valence-electron chi connectivity index (χ0n) is 6.34. The van der Waals surface area contributed by atoms with Crippen molar-refractivity contribution < 1.29 is 18.5 Å². The molecule has 63 valence electrons. The van der Waals surface area contributed by atoms with Crippen LogP contribution in [0.3, 0.4) is 0 Å². The summed E-state index contributed by atoms with van der Waals surface area (Å²) in [7, 11) is 0.299. The van der Waals surface area contributed by atoms with Crippen molar-refractivity contribution in [3.05, 3.63) is 29.3 Å². The summed E-state index contributed by atoms with van der Waals surface area (Å²) in [5, 5.41) is 8.17. The third-order valence-electron chi connectivity index (χ3n) is 1.42. The van der Waals surface area contributed by atoms with Gasteiger partial charge in [0.2, 0.25) is 0 Å².